The van der Waals surface area contributed by atoms with Gasteiger partial charge in [0.15, 0.2) is 8.59 Å². The fraction of sp³-hybridized carbons (Fsp3) is 0.175. The van der Waals surface area contributed by atoms with E-state index in [1.807, 2.05) is 35.5 Å². The Labute approximate surface area is 485 Å². The minimum Gasteiger partial charge on any atom is -0.0622 e. The van der Waals surface area contributed by atoms with Crippen molar-refractivity contribution >= 4 is 127 Å². The molecular formula is C57H57Cl8N5P2Ru. The molecule has 9 rings (SSSR count). The van der Waals surface area contributed by atoms with Crippen molar-refractivity contribution < 1.29 is 29.7 Å². The minimum atomic E-state index is -0.750. The molecule has 3 aromatic heterocycles. The second-order valence-corrected chi connectivity index (χ2v) is 25.8. The van der Waals surface area contributed by atoms with E-state index in [1.54, 1.807) is 0 Å². The summed E-state index contributed by atoms with van der Waals surface area (Å²) < 4.78 is -1.50. The van der Waals surface area contributed by atoms with Crippen LogP contribution in [0.4, 0.5) is 0 Å². The van der Waals surface area contributed by atoms with Gasteiger partial charge in [0.2, 0.25) is 0 Å². The van der Waals surface area contributed by atoms with Gasteiger partial charge in [0.25, 0.3) is 0 Å². The van der Waals surface area contributed by atoms with E-state index in [4.69, 9.17) is 74.6 Å². The number of nitrogens with one attached hydrogen (secondary N) is 2. The molecule has 0 radical (unpaired) electrons. The SMILES string of the molecule is CC(C)(C)c1cc(-c2cccc(-c3cc(C(C)(C)C)[nH]n3)n2)n[nH]1.ClC(Cl)Cl.ClC(Cl)Cl.[Cl-].[Cl][Ru+].c1ccc(P(c2ccccc2)c2ccccc2)cc1.c1ccc(P(c2ccccc2)c2ccccc2)cc1. The molecule has 5 nitrogen and oxygen atoms in total. The molecule has 0 unspecified atom stereocenters. The number of aromatic amines is 2. The molecule has 0 amide bonds. The third kappa shape index (κ3) is 22.4. The molecule has 0 fully saturated rings. The zero-order valence-electron chi connectivity index (χ0n) is 41.0. The van der Waals surface area contributed by atoms with Crippen LogP contribution in [0.2, 0.25) is 0 Å². The summed E-state index contributed by atoms with van der Waals surface area (Å²) in [4.78, 5) is 4.74. The van der Waals surface area contributed by atoms with Gasteiger partial charge in [0.1, 0.15) is 11.4 Å². The molecule has 73 heavy (non-hydrogen) atoms. The van der Waals surface area contributed by atoms with E-state index < -0.39 is 24.4 Å². The normalized spacial score (nSPS) is 10.7. The zero-order chi connectivity index (χ0) is 52.5. The molecule has 384 valence electrons. The Morgan fingerprint density at radius 2 is 0.562 bits per heavy atom. The monoisotopic (exact) mass is 1260 g/mol. The first-order valence-corrected chi connectivity index (χ1v) is 30.0. The molecule has 0 saturated carbocycles. The fourth-order valence-corrected chi connectivity index (χ4v) is 11.4. The van der Waals surface area contributed by atoms with Crippen LogP contribution in [0.5, 0.6) is 0 Å². The van der Waals surface area contributed by atoms with Crippen LogP contribution in [0, 0.1) is 0 Å². The summed E-state index contributed by atoms with van der Waals surface area (Å²) in [5.74, 6) is 0. The molecule has 16 heteroatoms. The summed E-state index contributed by atoms with van der Waals surface area (Å²) in [6.07, 6.45) is 0. The summed E-state index contributed by atoms with van der Waals surface area (Å²) >= 11 is 30.7. The molecule has 0 spiro atoms. The summed E-state index contributed by atoms with van der Waals surface area (Å²) in [5.41, 5.74) is 5.67. The maximum absolute atomic E-state index is 4.81. The average Bonchev–Trinajstić information content (AvgIpc) is 4.10. The van der Waals surface area contributed by atoms with Gasteiger partial charge in [0, 0.05) is 22.2 Å². The fourth-order valence-electron chi connectivity index (χ4n) is 6.75. The second kappa shape index (κ2) is 33.7. The van der Waals surface area contributed by atoms with Crippen LogP contribution in [-0.4, -0.2) is 34.0 Å². The van der Waals surface area contributed by atoms with Crippen molar-refractivity contribution in [1.29, 1.82) is 0 Å². The van der Waals surface area contributed by atoms with Crippen LogP contribution >= 0.6 is 95.1 Å². The van der Waals surface area contributed by atoms with Crippen LogP contribution in [0.15, 0.2) is 212 Å². The predicted molar refractivity (Wildman–Crippen MR) is 316 cm³/mol. The summed E-state index contributed by atoms with van der Waals surface area (Å²) in [6, 6.07) is 74.7. The van der Waals surface area contributed by atoms with E-state index in [9.17, 15) is 0 Å². The van der Waals surface area contributed by atoms with E-state index in [0.717, 1.165) is 34.2 Å². The van der Waals surface area contributed by atoms with Gasteiger partial charge < -0.3 is 12.4 Å². The van der Waals surface area contributed by atoms with E-state index in [0.29, 0.717) is 0 Å². The largest absolute Gasteiger partial charge is 0.0622 e. The van der Waals surface area contributed by atoms with E-state index in [2.05, 4.69) is 266 Å². The first-order valence-electron chi connectivity index (χ1n) is 22.5. The molecular weight excluding hydrogens is 1200 g/mol. The molecule has 0 aliphatic rings. The number of benzene rings is 6. The Morgan fingerprint density at radius 3 is 0.740 bits per heavy atom. The first-order chi connectivity index (χ1) is 34.5. The van der Waals surface area contributed by atoms with Gasteiger partial charge in [-0.1, -0.05) is 299 Å². The molecule has 3 heterocycles. The topological polar surface area (TPSA) is 70.2 Å². The van der Waals surface area contributed by atoms with Crippen molar-refractivity contribution in [3.05, 3.63) is 224 Å². The van der Waals surface area contributed by atoms with Crippen molar-refractivity contribution in [2.24, 2.45) is 0 Å². The molecule has 0 saturated heterocycles. The third-order valence-electron chi connectivity index (χ3n) is 10.1. The van der Waals surface area contributed by atoms with Crippen LogP contribution in [-0.2, 0) is 28.1 Å². The van der Waals surface area contributed by atoms with Gasteiger partial charge in [-0.15, -0.1) is 0 Å². The Bertz CT molecular complexity index is 2450. The number of aromatic nitrogens is 5. The molecule has 0 bridgehead atoms. The van der Waals surface area contributed by atoms with Crippen LogP contribution in [0.25, 0.3) is 22.8 Å². The van der Waals surface area contributed by atoms with Gasteiger partial charge in [-0.25, -0.2) is 4.98 Å². The zero-order valence-corrected chi connectivity index (χ0v) is 50.5. The minimum absolute atomic E-state index is 0. The Hall–Kier alpha value is -3.31. The quantitative estimate of drug-likeness (QED) is 0.0905. The number of hydrogen-bond donors (Lipinski definition) is 2. The molecule has 6 aromatic carbocycles. The summed E-state index contributed by atoms with van der Waals surface area (Å²) in [7, 11) is 3.68. The summed E-state index contributed by atoms with van der Waals surface area (Å²) in [6.45, 7) is 13.0. The average molecular weight is 1260 g/mol. The Kier molecular flexibility index (Phi) is 29.5. The number of alkyl halides is 6. The van der Waals surface area contributed by atoms with Crippen LogP contribution < -0.4 is 44.2 Å². The Balaban J connectivity index is 0.000000264. The van der Waals surface area contributed by atoms with Crippen molar-refractivity contribution in [1.82, 2.24) is 25.4 Å². The first kappa shape index (κ1) is 64.0. The van der Waals surface area contributed by atoms with Crippen molar-refractivity contribution in [3.8, 4) is 22.8 Å². The number of pyridine rings is 1. The van der Waals surface area contributed by atoms with Gasteiger partial charge in [-0.05, 0) is 71.9 Å². The van der Waals surface area contributed by atoms with E-state index in [-0.39, 0.29) is 23.2 Å². The van der Waals surface area contributed by atoms with Gasteiger partial charge >= 0.3 is 27.0 Å². The molecule has 0 atom stereocenters. The molecule has 0 aliphatic carbocycles. The number of nitrogens with zero attached hydrogens (tertiary/aromatic N) is 3. The standard InChI is InChI=1S/C19H25N5.2C18H15P.2CHCl3.2ClH.Ru/c1-18(2,3)16-10-14(21-23-16)12-8-7-9-13(20-12)15-11-17(24-22-15)19(4,5)6;2*1-4-10-16(11-5-1)19(17-12-6-2-7-13-17)18-14-8-3-9-15-18;2*2-1(3)4;;;/h7-11H,1-6H3,(H,21,23)(H,22,24);2*1-15H;2*1H;2*1H;/q;;;;;;;+2/p-2. The van der Waals surface area contributed by atoms with Crippen LogP contribution in [0.1, 0.15) is 52.9 Å². The van der Waals surface area contributed by atoms with Crippen molar-refractivity contribution in [2.45, 2.75) is 61.0 Å². The predicted octanol–water partition coefficient (Wildman–Crippen LogP) is 13.0. The Morgan fingerprint density at radius 1 is 0.356 bits per heavy atom. The maximum Gasteiger partial charge on any atom is -0.0134 e. The van der Waals surface area contributed by atoms with Gasteiger partial charge in [-0.3, -0.25) is 10.2 Å². The van der Waals surface area contributed by atoms with Crippen molar-refractivity contribution in [3.63, 3.8) is 0 Å². The summed E-state index contributed by atoms with van der Waals surface area (Å²) in [5, 5.41) is 23.5. The van der Waals surface area contributed by atoms with Gasteiger partial charge in [0.05, 0.1) is 11.4 Å². The maximum atomic E-state index is 4.81. The van der Waals surface area contributed by atoms with Crippen LogP contribution in [0.3, 0.4) is 0 Å². The van der Waals surface area contributed by atoms with Crippen molar-refractivity contribution in [2.75, 3.05) is 0 Å². The number of H-pyrrole nitrogens is 2. The number of halogens is 8. The van der Waals surface area contributed by atoms with Gasteiger partial charge in [-0.2, -0.15) is 10.2 Å². The van der Waals surface area contributed by atoms with E-state index >= 15 is 0 Å². The molecule has 2 N–H and O–H groups in total. The second-order valence-electron chi connectivity index (χ2n) is 17.4. The number of rotatable bonds is 8. The third-order valence-corrected chi connectivity index (χ3v) is 15.0. The molecule has 0 aliphatic heterocycles. The molecule has 9 aromatic rings. The smallest absolute Gasteiger partial charge is 0.0134 e. The number of hydrogen-bond acceptors (Lipinski definition) is 3. The van der Waals surface area contributed by atoms with E-state index in [1.165, 1.54) is 31.8 Å².